The first kappa shape index (κ1) is 26.8. The van der Waals surface area contributed by atoms with Gasteiger partial charge in [0.1, 0.15) is 17.2 Å². The molecule has 3 aromatic rings. The van der Waals surface area contributed by atoms with Gasteiger partial charge < -0.3 is 19.3 Å². The van der Waals surface area contributed by atoms with Crippen molar-refractivity contribution in [2.75, 3.05) is 6.61 Å². The van der Waals surface area contributed by atoms with E-state index in [0.29, 0.717) is 22.3 Å². The average Bonchev–Trinajstić information content (AvgIpc) is 2.89. The molecule has 0 bridgehead atoms. The smallest absolute Gasteiger partial charge is 0.341 e. The molecular weight excluding hydrogens is 488 g/mol. The van der Waals surface area contributed by atoms with Gasteiger partial charge in [0, 0.05) is 22.4 Å². The average molecular weight is 521 g/mol. The number of rotatable bonds is 10. The van der Waals surface area contributed by atoms with Crippen LogP contribution in [0.5, 0.6) is 17.2 Å². The summed E-state index contributed by atoms with van der Waals surface area (Å²) < 4.78 is 18.7. The van der Waals surface area contributed by atoms with E-state index in [-0.39, 0.29) is 24.0 Å². The van der Waals surface area contributed by atoms with Gasteiger partial charge in [0.25, 0.3) is 0 Å². The van der Waals surface area contributed by atoms with E-state index in [2.05, 4.69) is 25.6 Å². The summed E-state index contributed by atoms with van der Waals surface area (Å²) in [5, 5.41) is 9.96. The number of ether oxygens (including phenoxy) is 3. The maximum absolute atomic E-state index is 11.3. The van der Waals surface area contributed by atoms with Crippen LogP contribution in [0.1, 0.15) is 56.3 Å². The van der Waals surface area contributed by atoms with Crippen molar-refractivity contribution in [1.82, 2.24) is 0 Å². The molecular formula is C31H33ClO5. The largest absolute Gasteiger partial charge is 0.482 e. The lowest BCUT2D eigenvalue weighted by Crippen LogP contribution is -2.36. The Morgan fingerprint density at radius 2 is 1.81 bits per heavy atom. The summed E-state index contributed by atoms with van der Waals surface area (Å²) >= 11 is 6.16. The second-order valence-corrected chi connectivity index (χ2v) is 9.96. The summed E-state index contributed by atoms with van der Waals surface area (Å²) in [4.78, 5) is 11.3. The Morgan fingerprint density at radius 1 is 1.08 bits per heavy atom. The Labute approximate surface area is 223 Å². The third-order valence-electron chi connectivity index (χ3n) is 6.77. The lowest BCUT2D eigenvalue weighted by Gasteiger charge is -2.43. The van der Waals surface area contributed by atoms with Crippen molar-refractivity contribution in [2.24, 2.45) is 5.92 Å². The predicted octanol–water partition coefficient (Wildman–Crippen LogP) is 8.20. The van der Waals surface area contributed by atoms with Crippen LogP contribution >= 0.6 is 11.6 Å². The van der Waals surface area contributed by atoms with Crippen molar-refractivity contribution in [1.29, 1.82) is 0 Å². The minimum atomic E-state index is -1.04. The molecule has 1 N–H and O–H groups in total. The summed E-state index contributed by atoms with van der Waals surface area (Å²) in [7, 11) is 0. The highest BCUT2D eigenvalue weighted by molar-refractivity contribution is 6.30. The highest BCUT2D eigenvalue weighted by Gasteiger charge is 2.40. The van der Waals surface area contributed by atoms with Gasteiger partial charge in [-0.2, -0.15) is 0 Å². The molecule has 1 fully saturated rings. The van der Waals surface area contributed by atoms with Crippen LogP contribution < -0.4 is 9.47 Å². The second kappa shape index (κ2) is 12.3. The molecule has 0 amide bonds. The van der Waals surface area contributed by atoms with Gasteiger partial charge in [-0.05, 0) is 67.8 Å². The van der Waals surface area contributed by atoms with E-state index in [1.54, 1.807) is 12.1 Å². The number of benzene rings is 3. The molecule has 1 saturated heterocycles. The molecule has 3 aromatic carbocycles. The quantitative estimate of drug-likeness (QED) is 0.273. The summed E-state index contributed by atoms with van der Waals surface area (Å²) in [6.45, 7) is 8.02. The zero-order chi connectivity index (χ0) is 26.4. The van der Waals surface area contributed by atoms with Crippen LogP contribution in [0.2, 0.25) is 5.02 Å². The zero-order valence-corrected chi connectivity index (χ0v) is 22.0. The topological polar surface area (TPSA) is 65.0 Å². The van der Waals surface area contributed by atoms with Crippen molar-refractivity contribution in [3.05, 3.63) is 101 Å². The first-order chi connectivity index (χ1) is 17.9. The summed E-state index contributed by atoms with van der Waals surface area (Å²) in [5.74, 6) is 0.942. The Kier molecular flexibility index (Phi) is 8.91. The SMILES string of the molecule is C=C(C)[C@H]1C[C@H](c2ccc(Cl)cc2)[C@H](CCC)O[C@@H]1c1cc(Oc2ccccc2)ccc1OCC(=O)O. The van der Waals surface area contributed by atoms with Crippen LogP contribution in [0, 0.1) is 5.92 Å². The number of carbonyl (C=O) groups is 1. The van der Waals surface area contributed by atoms with Gasteiger partial charge in [-0.3, -0.25) is 0 Å². The van der Waals surface area contributed by atoms with Crippen LogP contribution in [0.4, 0.5) is 0 Å². The van der Waals surface area contributed by atoms with Crippen molar-refractivity contribution >= 4 is 17.6 Å². The monoisotopic (exact) mass is 520 g/mol. The number of hydrogen-bond acceptors (Lipinski definition) is 4. The molecule has 6 heteroatoms. The molecule has 4 atom stereocenters. The fraction of sp³-hybridized carbons (Fsp3) is 0.323. The second-order valence-electron chi connectivity index (χ2n) is 9.53. The standard InChI is InChI=1S/C31H33ClO5/c1-4-8-29-26(21-11-13-22(32)14-12-21)18-25(20(2)3)31(37-29)27-17-24(36-23-9-6-5-7-10-23)15-16-28(27)35-19-30(33)34/h5-7,9-17,25-26,29,31H,2,4,8,18-19H2,1,3H3,(H,33,34)/t25-,26-,29+,31+/m1/s1. The van der Waals surface area contributed by atoms with E-state index in [0.717, 1.165) is 30.4 Å². The Hall–Kier alpha value is -3.28. The summed E-state index contributed by atoms with van der Waals surface area (Å²) in [6.07, 6.45) is 2.31. The number of carboxylic acids is 1. The van der Waals surface area contributed by atoms with E-state index in [9.17, 15) is 9.90 Å². The van der Waals surface area contributed by atoms with Crippen molar-refractivity contribution in [3.8, 4) is 17.2 Å². The van der Waals surface area contributed by atoms with Gasteiger partial charge in [0.05, 0.1) is 12.2 Å². The highest BCUT2D eigenvalue weighted by atomic mass is 35.5. The molecule has 5 nitrogen and oxygen atoms in total. The van der Waals surface area contributed by atoms with Crippen LogP contribution in [-0.4, -0.2) is 23.8 Å². The summed E-state index contributed by atoms with van der Waals surface area (Å²) in [5.41, 5.74) is 2.95. The molecule has 0 radical (unpaired) electrons. The van der Waals surface area contributed by atoms with E-state index in [1.165, 1.54) is 5.56 Å². The van der Waals surface area contributed by atoms with Crippen molar-refractivity contribution in [3.63, 3.8) is 0 Å². The molecule has 0 aliphatic carbocycles. The fourth-order valence-electron chi connectivity index (χ4n) is 5.00. The van der Waals surface area contributed by atoms with Gasteiger partial charge >= 0.3 is 5.97 Å². The third kappa shape index (κ3) is 6.73. The third-order valence-corrected chi connectivity index (χ3v) is 7.02. The molecule has 1 aliphatic rings. The first-order valence-corrected chi connectivity index (χ1v) is 13.0. The number of halogens is 1. The lowest BCUT2D eigenvalue weighted by molar-refractivity contribution is -0.139. The number of carboxylic acid groups (broad SMARTS) is 1. The highest BCUT2D eigenvalue weighted by Crippen LogP contribution is 2.49. The molecule has 1 heterocycles. The maximum Gasteiger partial charge on any atom is 0.341 e. The maximum atomic E-state index is 11.3. The van der Waals surface area contributed by atoms with Gasteiger partial charge in [-0.1, -0.05) is 67.4 Å². The number of hydrogen-bond donors (Lipinski definition) is 1. The Bertz CT molecular complexity index is 1210. The lowest BCUT2D eigenvalue weighted by atomic mass is 9.74. The Balaban J connectivity index is 1.72. The fourth-order valence-corrected chi connectivity index (χ4v) is 5.12. The van der Waals surface area contributed by atoms with Crippen LogP contribution in [0.3, 0.4) is 0 Å². The molecule has 0 unspecified atom stereocenters. The molecule has 37 heavy (non-hydrogen) atoms. The zero-order valence-electron chi connectivity index (χ0n) is 21.2. The number of para-hydroxylation sites is 1. The minimum Gasteiger partial charge on any atom is -0.482 e. The van der Waals surface area contributed by atoms with E-state index >= 15 is 0 Å². The molecule has 194 valence electrons. The summed E-state index contributed by atoms with van der Waals surface area (Å²) in [6, 6.07) is 23.0. The van der Waals surface area contributed by atoms with Gasteiger partial charge in [-0.25, -0.2) is 4.79 Å². The molecule has 0 spiro atoms. The normalized spacial score (nSPS) is 21.3. The molecule has 0 saturated carbocycles. The van der Waals surface area contributed by atoms with Crippen LogP contribution in [0.25, 0.3) is 0 Å². The van der Waals surface area contributed by atoms with E-state index < -0.39 is 12.6 Å². The molecule has 4 rings (SSSR count). The van der Waals surface area contributed by atoms with Gasteiger partial charge in [-0.15, -0.1) is 0 Å². The predicted molar refractivity (Wildman–Crippen MR) is 146 cm³/mol. The van der Waals surface area contributed by atoms with Gasteiger partial charge in [0.2, 0.25) is 0 Å². The van der Waals surface area contributed by atoms with E-state index in [4.69, 9.17) is 25.8 Å². The number of aliphatic carboxylic acids is 1. The molecule has 1 aliphatic heterocycles. The first-order valence-electron chi connectivity index (χ1n) is 12.6. The van der Waals surface area contributed by atoms with E-state index in [1.807, 2.05) is 55.5 Å². The Morgan fingerprint density at radius 3 is 2.46 bits per heavy atom. The molecule has 0 aromatic heterocycles. The van der Waals surface area contributed by atoms with Crippen molar-refractivity contribution in [2.45, 2.75) is 51.2 Å². The van der Waals surface area contributed by atoms with Crippen molar-refractivity contribution < 1.29 is 24.1 Å². The van der Waals surface area contributed by atoms with Gasteiger partial charge in [0.15, 0.2) is 6.61 Å². The van der Waals surface area contributed by atoms with Crippen LogP contribution in [-0.2, 0) is 9.53 Å². The minimum absolute atomic E-state index is 0.00654. The van der Waals surface area contributed by atoms with Crippen LogP contribution in [0.15, 0.2) is 84.9 Å².